The molecule has 29 heavy (non-hydrogen) atoms. The van der Waals surface area contributed by atoms with Crippen molar-refractivity contribution in [3.8, 4) is 11.1 Å². The third-order valence-electron chi connectivity index (χ3n) is 5.24. The number of carbonyl (C=O) groups excluding carboxylic acids is 3. The first kappa shape index (κ1) is 18.9. The second kappa shape index (κ2) is 7.91. The van der Waals surface area contributed by atoms with E-state index in [9.17, 15) is 14.4 Å². The van der Waals surface area contributed by atoms with E-state index in [1.165, 1.54) is 0 Å². The Morgan fingerprint density at radius 3 is 2.10 bits per heavy atom. The largest absolute Gasteiger partial charge is 0.465 e. The molecule has 0 N–H and O–H groups in total. The number of carbonyl (C=O) groups is 3. The second-order valence-electron chi connectivity index (χ2n) is 7.13. The minimum atomic E-state index is -0.657. The summed E-state index contributed by atoms with van der Waals surface area (Å²) < 4.78 is 5.46. The van der Waals surface area contributed by atoms with Crippen molar-refractivity contribution < 1.29 is 24.0 Å². The minimum absolute atomic E-state index is 0.0242. The molecule has 1 saturated heterocycles. The van der Waals surface area contributed by atoms with Crippen LogP contribution in [0.2, 0.25) is 0 Å². The maximum Gasteiger partial charge on any atom is 0.333 e. The van der Waals surface area contributed by atoms with Crippen molar-refractivity contribution in [3.05, 3.63) is 71.9 Å². The number of amides is 1. The number of hydrogen-bond acceptors (Lipinski definition) is 5. The predicted molar refractivity (Wildman–Crippen MR) is 105 cm³/mol. The molecule has 1 heterocycles. The van der Waals surface area contributed by atoms with E-state index >= 15 is 0 Å². The Morgan fingerprint density at radius 2 is 1.52 bits per heavy atom. The first-order chi connectivity index (χ1) is 14.0. The van der Waals surface area contributed by atoms with Crippen LogP contribution >= 0.6 is 0 Å². The van der Waals surface area contributed by atoms with Gasteiger partial charge in [0.25, 0.3) is 5.91 Å². The summed E-state index contributed by atoms with van der Waals surface area (Å²) in [6.45, 7) is 3.89. The lowest BCUT2D eigenvalue weighted by Gasteiger charge is -2.16. The van der Waals surface area contributed by atoms with Crippen LogP contribution in [0.5, 0.6) is 0 Å². The van der Waals surface area contributed by atoms with Crippen LogP contribution in [-0.4, -0.2) is 29.5 Å². The molecule has 0 aromatic heterocycles. The predicted octanol–water partition coefficient (Wildman–Crippen LogP) is 3.72. The zero-order valence-corrected chi connectivity index (χ0v) is 15.9. The fourth-order valence-electron chi connectivity index (χ4n) is 3.79. The van der Waals surface area contributed by atoms with Crippen molar-refractivity contribution in [1.29, 1.82) is 0 Å². The number of esters is 1. The Balaban J connectivity index is 1.32. The Labute approximate surface area is 168 Å². The van der Waals surface area contributed by atoms with Crippen LogP contribution in [0.25, 0.3) is 11.1 Å². The fourth-order valence-corrected chi connectivity index (χ4v) is 3.79. The van der Waals surface area contributed by atoms with Gasteiger partial charge in [-0.15, -0.1) is 5.06 Å². The van der Waals surface area contributed by atoms with E-state index in [2.05, 4.69) is 18.7 Å². The van der Waals surface area contributed by atoms with Crippen LogP contribution in [-0.2, 0) is 24.0 Å². The average molecular weight is 391 g/mol. The quantitative estimate of drug-likeness (QED) is 0.702. The van der Waals surface area contributed by atoms with E-state index in [0.29, 0.717) is 12.1 Å². The minimum Gasteiger partial charge on any atom is -0.465 e. The van der Waals surface area contributed by atoms with E-state index in [-0.39, 0.29) is 37.7 Å². The Morgan fingerprint density at radius 1 is 0.931 bits per heavy atom. The van der Waals surface area contributed by atoms with Crippen molar-refractivity contribution in [2.75, 3.05) is 6.61 Å². The van der Waals surface area contributed by atoms with Crippen molar-refractivity contribution >= 4 is 17.8 Å². The molecule has 2 aliphatic rings. The normalized spacial score (nSPS) is 15.2. The molecular formula is C23H21NO5. The molecule has 2 aromatic carbocycles. The van der Waals surface area contributed by atoms with Gasteiger partial charge in [-0.05, 0) is 28.7 Å². The number of hydrogen-bond donors (Lipinski definition) is 0. The van der Waals surface area contributed by atoms with Gasteiger partial charge < -0.3 is 9.57 Å². The molecule has 1 aliphatic heterocycles. The zero-order valence-electron chi connectivity index (χ0n) is 15.9. The average Bonchev–Trinajstić information content (AvgIpc) is 3.22. The Kier molecular flexibility index (Phi) is 5.16. The fraction of sp³-hybridized carbons (Fsp3) is 0.261. The maximum absolute atomic E-state index is 12.2. The third-order valence-corrected chi connectivity index (χ3v) is 5.24. The number of hydroxylamine groups is 2. The summed E-state index contributed by atoms with van der Waals surface area (Å²) in [5.74, 6) is -1.46. The molecule has 1 fully saturated rings. The lowest BCUT2D eigenvalue weighted by atomic mass is 9.98. The molecule has 0 saturated carbocycles. The van der Waals surface area contributed by atoms with Gasteiger partial charge in [0.15, 0.2) is 0 Å². The second-order valence-corrected chi connectivity index (χ2v) is 7.13. The first-order valence-electron chi connectivity index (χ1n) is 9.60. The summed E-state index contributed by atoms with van der Waals surface area (Å²) in [4.78, 5) is 40.7. The van der Waals surface area contributed by atoms with Crippen LogP contribution in [0.4, 0.5) is 0 Å². The summed E-state index contributed by atoms with van der Waals surface area (Å²) >= 11 is 0. The monoisotopic (exact) mass is 391 g/mol. The highest BCUT2D eigenvalue weighted by Gasteiger charge is 2.30. The molecular weight excluding hydrogens is 370 g/mol. The topological polar surface area (TPSA) is 72.9 Å². The van der Waals surface area contributed by atoms with E-state index in [1.807, 2.05) is 36.4 Å². The summed E-state index contributed by atoms with van der Waals surface area (Å²) in [7, 11) is 0. The number of rotatable bonds is 6. The van der Waals surface area contributed by atoms with E-state index < -0.39 is 11.9 Å². The number of fused-ring (bicyclic) bond motifs is 3. The highest BCUT2D eigenvalue weighted by molar-refractivity contribution is 5.83. The Hall–Kier alpha value is -3.41. The number of nitrogens with zero attached hydrogens (tertiary/aromatic N) is 1. The summed E-state index contributed by atoms with van der Waals surface area (Å²) in [6, 6.07) is 16.2. The van der Waals surface area contributed by atoms with Crippen LogP contribution in [0, 0.1) is 0 Å². The first-order valence-corrected chi connectivity index (χ1v) is 9.60. The van der Waals surface area contributed by atoms with Crippen molar-refractivity contribution in [3.63, 3.8) is 0 Å². The Bertz CT molecular complexity index is 935. The zero-order chi connectivity index (χ0) is 20.4. The summed E-state index contributed by atoms with van der Waals surface area (Å²) in [6.07, 6.45) is 0.480. The lowest BCUT2D eigenvalue weighted by Crippen LogP contribution is -2.27. The van der Waals surface area contributed by atoms with Crippen molar-refractivity contribution in [2.45, 2.75) is 31.6 Å². The number of ether oxygens (including phenoxy) is 1. The van der Waals surface area contributed by atoms with Crippen LogP contribution < -0.4 is 0 Å². The van der Waals surface area contributed by atoms with Gasteiger partial charge in [0.2, 0.25) is 0 Å². The SMILES string of the molecule is C=C1CCC(=O)N1OC(=O)CCC(=O)OCC1c2ccccc2-c2ccccc21. The van der Waals surface area contributed by atoms with Gasteiger partial charge >= 0.3 is 11.9 Å². The molecule has 1 amide bonds. The van der Waals surface area contributed by atoms with Gasteiger partial charge in [0, 0.05) is 12.3 Å². The van der Waals surface area contributed by atoms with Crippen molar-refractivity contribution in [2.24, 2.45) is 0 Å². The van der Waals surface area contributed by atoms with E-state index in [1.54, 1.807) is 0 Å². The molecule has 1 aliphatic carbocycles. The molecule has 0 spiro atoms. The van der Waals surface area contributed by atoms with E-state index in [4.69, 9.17) is 9.57 Å². The molecule has 0 bridgehead atoms. The molecule has 0 atom stereocenters. The van der Waals surface area contributed by atoms with Crippen LogP contribution in [0.3, 0.4) is 0 Å². The number of allylic oxidation sites excluding steroid dienone is 1. The molecule has 2 aromatic rings. The molecule has 6 heteroatoms. The summed E-state index contributed by atoms with van der Waals surface area (Å²) in [5, 5.41) is 0.917. The molecule has 0 radical (unpaired) electrons. The van der Waals surface area contributed by atoms with Gasteiger partial charge in [-0.1, -0.05) is 55.1 Å². The maximum atomic E-state index is 12.2. The molecule has 6 nitrogen and oxygen atoms in total. The third kappa shape index (κ3) is 3.78. The highest BCUT2D eigenvalue weighted by Crippen LogP contribution is 2.44. The van der Waals surface area contributed by atoms with Crippen molar-refractivity contribution in [1.82, 2.24) is 5.06 Å². The molecule has 4 rings (SSSR count). The standard InChI is InChI=1S/C23H21NO5/c1-15-10-11-21(25)24(15)29-23(27)13-12-22(26)28-14-20-18-8-4-2-6-16(18)17-7-3-5-9-19(17)20/h2-9,20H,1,10-14H2. The molecule has 0 unspecified atom stereocenters. The smallest absolute Gasteiger partial charge is 0.333 e. The molecule has 148 valence electrons. The summed E-state index contributed by atoms with van der Waals surface area (Å²) in [5.41, 5.74) is 5.02. The van der Waals surface area contributed by atoms with E-state index in [0.717, 1.165) is 27.3 Å². The van der Waals surface area contributed by atoms with Crippen LogP contribution in [0.15, 0.2) is 60.8 Å². The van der Waals surface area contributed by atoms with Gasteiger partial charge in [0.05, 0.1) is 18.5 Å². The van der Waals surface area contributed by atoms with Gasteiger partial charge in [-0.3, -0.25) is 9.59 Å². The van der Waals surface area contributed by atoms with Gasteiger partial charge in [-0.2, -0.15) is 0 Å². The number of benzene rings is 2. The lowest BCUT2D eigenvalue weighted by molar-refractivity contribution is -0.187. The van der Waals surface area contributed by atoms with Crippen LogP contribution in [0.1, 0.15) is 42.7 Å². The highest BCUT2D eigenvalue weighted by atomic mass is 16.7. The van der Waals surface area contributed by atoms with Gasteiger partial charge in [0.1, 0.15) is 6.61 Å². The van der Waals surface area contributed by atoms with Gasteiger partial charge in [-0.25, -0.2) is 4.79 Å².